The van der Waals surface area contributed by atoms with Gasteiger partial charge >= 0.3 is 0 Å². The molecule has 1 heterocycles. The molecule has 0 atom stereocenters. The van der Waals surface area contributed by atoms with E-state index in [1.54, 1.807) is 10.9 Å². The van der Waals surface area contributed by atoms with Crippen molar-refractivity contribution in [3.8, 4) is 5.69 Å². The highest BCUT2D eigenvalue weighted by atomic mass is 16.6. The molecule has 0 unspecified atom stereocenters. The zero-order valence-corrected chi connectivity index (χ0v) is 14.7. The van der Waals surface area contributed by atoms with E-state index in [1.165, 1.54) is 18.2 Å². The van der Waals surface area contributed by atoms with Gasteiger partial charge < -0.3 is 0 Å². The summed E-state index contributed by atoms with van der Waals surface area (Å²) in [6, 6.07) is 14.8. The van der Waals surface area contributed by atoms with Crippen molar-refractivity contribution in [2.24, 2.45) is 0 Å². The third kappa shape index (κ3) is 4.79. The van der Waals surface area contributed by atoms with Crippen LogP contribution < -0.4 is 10.9 Å². The highest BCUT2D eigenvalue weighted by molar-refractivity contribution is 5.95. The number of carbonyl (C=O) groups is 2. The monoisotopic (exact) mass is 379 g/mol. The molecule has 0 aliphatic carbocycles. The number of non-ortho nitro benzene ring substituents is 1. The van der Waals surface area contributed by atoms with Gasteiger partial charge in [0.1, 0.15) is 0 Å². The summed E-state index contributed by atoms with van der Waals surface area (Å²) in [5.74, 6) is -1.01. The minimum absolute atomic E-state index is 0.0821. The summed E-state index contributed by atoms with van der Waals surface area (Å²) in [6.45, 7) is 0. The van der Waals surface area contributed by atoms with Gasteiger partial charge in [-0.05, 0) is 30.2 Å². The summed E-state index contributed by atoms with van der Waals surface area (Å²) < 4.78 is 1.72. The van der Waals surface area contributed by atoms with Gasteiger partial charge in [0.2, 0.25) is 5.91 Å². The van der Waals surface area contributed by atoms with Crippen molar-refractivity contribution in [3.05, 3.63) is 88.2 Å². The largest absolute Gasteiger partial charge is 0.273 e. The normalized spacial score (nSPS) is 10.3. The Kier molecular flexibility index (Phi) is 5.75. The molecule has 0 bridgehead atoms. The van der Waals surface area contributed by atoms with Crippen LogP contribution in [0, 0.1) is 10.1 Å². The molecule has 3 aromatic rings. The van der Waals surface area contributed by atoms with Crippen molar-refractivity contribution in [2.45, 2.75) is 12.8 Å². The molecule has 9 nitrogen and oxygen atoms in total. The molecule has 28 heavy (non-hydrogen) atoms. The summed E-state index contributed by atoms with van der Waals surface area (Å²) in [6.07, 6.45) is 4.12. The Bertz CT molecular complexity index is 1000. The Labute approximate surface area is 160 Å². The number of nitrogens with zero attached hydrogens (tertiary/aromatic N) is 3. The molecule has 0 saturated carbocycles. The standard InChI is InChI=1S/C19H17N5O4/c25-18(21-22-19(26)15-5-4-8-17(11-15)24(27)28)10-9-14-12-20-23(13-14)16-6-2-1-3-7-16/h1-8,11-13H,9-10H2,(H,21,25)(H,22,26). The van der Waals surface area contributed by atoms with Crippen LogP contribution in [0.4, 0.5) is 5.69 Å². The van der Waals surface area contributed by atoms with Crippen LogP contribution in [0.25, 0.3) is 5.69 Å². The van der Waals surface area contributed by atoms with Gasteiger partial charge in [0, 0.05) is 30.3 Å². The van der Waals surface area contributed by atoms with Gasteiger partial charge in [-0.25, -0.2) is 4.68 Å². The fourth-order valence-corrected chi connectivity index (χ4v) is 2.49. The number of aromatic nitrogens is 2. The Morgan fingerprint density at radius 2 is 1.86 bits per heavy atom. The van der Waals surface area contributed by atoms with E-state index in [4.69, 9.17) is 0 Å². The van der Waals surface area contributed by atoms with Gasteiger partial charge in [-0.3, -0.25) is 30.6 Å². The van der Waals surface area contributed by atoms with Crippen LogP contribution >= 0.6 is 0 Å². The predicted molar refractivity (Wildman–Crippen MR) is 101 cm³/mol. The molecular weight excluding hydrogens is 362 g/mol. The van der Waals surface area contributed by atoms with Gasteiger partial charge in [0.15, 0.2) is 0 Å². The first-order valence-corrected chi connectivity index (χ1v) is 8.45. The molecule has 9 heteroatoms. The topological polar surface area (TPSA) is 119 Å². The molecule has 0 radical (unpaired) electrons. The molecule has 2 aromatic carbocycles. The summed E-state index contributed by atoms with van der Waals surface area (Å²) in [5.41, 5.74) is 6.23. The van der Waals surface area contributed by atoms with Crippen LogP contribution in [0.2, 0.25) is 0 Å². The number of rotatable bonds is 6. The average molecular weight is 379 g/mol. The second kappa shape index (κ2) is 8.58. The van der Waals surface area contributed by atoms with E-state index < -0.39 is 10.8 Å². The fourth-order valence-electron chi connectivity index (χ4n) is 2.49. The first kappa shape index (κ1) is 18.8. The fraction of sp³-hybridized carbons (Fsp3) is 0.105. The SMILES string of the molecule is O=C(CCc1cnn(-c2ccccc2)c1)NNC(=O)c1cccc([N+](=O)[O-])c1. The molecule has 142 valence electrons. The molecular formula is C19H17N5O4. The Morgan fingerprint density at radius 3 is 2.61 bits per heavy atom. The molecule has 0 saturated heterocycles. The number of benzene rings is 2. The average Bonchev–Trinajstić information content (AvgIpc) is 3.20. The van der Waals surface area contributed by atoms with Crippen LogP contribution in [-0.4, -0.2) is 26.5 Å². The minimum atomic E-state index is -0.631. The van der Waals surface area contributed by atoms with E-state index in [9.17, 15) is 19.7 Å². The maximum Gasteiger partial charge on any atom is 0.270 e. The van der Waals surface area contributed by atoms with Gasteiger partial charge in [0.25, 0.3) is 11.6 Å². The van der Waals surface area contributed by atoms with Gasteiger partial charge in [-0.1, -0.05) is 24.3 Å². The highest BCUT2D eigenvalue weighted by Gasteiger charge is 2.12. The summed E-state index contributed by atoms with van der Waals surface area (Å²) in [7, 11) is 0. The number of para-hydroxylation sites is 1. The van der Waals surface area contributed by atoms with Crippen molar-refractivity contribution in [3.63, 3.8) is 0 Å². The Morgan fingerprint density at radius 1 is 1.07 bits per heavy atom. The van der Waals surface area contributed by atoms with Crippen molar-refractivity contribution in [1.29, 1.82) is 0 Å². The smallest absolute Gasteiger partial charge is 0.270 e. The lowest BCUT2D eigenvalue weighted by Crippen LogP contribution is -2.41. The first-order valence-electron chi connectivity index (χ1n) is 8.45. The number of hydrogen-bond donors (Lipinski definition) is 2. The molecule has 0 spiro atoms. The molecule has 2 N–H and O–H groups in total. The summed E-state index contributed by atoms with van der Waals surface area (Å²) in [4.78, 5) is 34.1. The summed E-state index contributed by atoms with van der Waals surface area (Å²) >= 11 is 0. The number of nitro benzene ring substituents is 1. The van der Waals surface area contributed by atoms with Gasteiger partial charge in [-0.15, -0.1) is 0 Å². The number of hydrazine groups is 1. The lowest BCUT2D eigenvalue weighted by atomic mass is 10.2. The first-order chi connectivity index (χ1) is 13.5. The van der Waals surface area contributed by atoms with Crippen molar-refractivity contribution < 1.29 is 14.5 Å². The zero-order chi connectivity index (χ0) is 19.9. The number of amides is 2. The van der Waals surface area contributed by atoms with E-state index in [2.05, 4.69) is 16.0 Å². The van der Waals surface area contributed by atoms with Crippen molar-refractivity contribution in [2.75, 3.05) is 0 Å². The van der Waals surface area contributed by atoms with E-state index in [1.807, 2.05) is 36.5 Å². The van der Waals surface area contributed by atoms with E-state index in [0.29, 0.717) is 6.42 Å². The number of hydrogen-bond acceptors (Lipinski definition) is 5. The van der Waals surface area contributed by atoms with Crippen LogP contribution in [-0.2, 0) is 11.2 Å². The van der Waals surface area contributed by atoms with Gasteiger partial charge in [0.05, 0.1) is 16.8 Å². The molecule has 0 aliphatic rings. The molecule has 0 aliphatic heterocycles. The van der Waals surface area contributed by atoms with Crippen LogP contribution in [0.15, 0.2) is 67.0 Å². The third-order valence-electron chi connectivity index (χ3n) is 3.93. The minimum Gasteiger partial charge on any atom is -0.273 e. The van der Waals surface area contributed by atoms with Crippen LogP contribution in [0.3, 0.4) is 0 Å². The highest BCUT2D eigenvalue weighted by Crippen LogP contribution is 2.13. The van der Waals surface area contributed by atoms with Crippen LogP contribution in [0.5, 0.6) is 0 Å². The third-order valence-corrected chi connectivity index (χ3v) is 3.93. The number of aryl methyl sites for hydroxylation is 1. The van der Waals surface area contributed by atoms with E-state index >= 15 is 0 Å². The second-order valence-electron chi connectivity index (χ2n) is 5.94. The number of nitrogens with one attached hydrogen (secondary N) is 2. The number of nitro groups is 1. The second-order valence-corrected chi connectivity index (χ2v) is 5.94. The van der Waals surface area contributed by atoms with Crippen molar-refractivity contribution >= 4 is 17.5 Å². The molecule has 2 amide bonds. The Balaban J connectivity index is 1.48. The number of carbonyl (C=O) groups excluding carboxylic acids is 2. The Hall–Kier alpha value is -4.01. The van der Waals surface area contributed by atoms with Crippen molar-refractivity contribution in [1.82, 2.24) is 20.6 Å². The molecule has 3 rings (SSSR count). The van der Waals surface area contributed by atoms with Crippen LogP contribution in [0.1, 0.15) is 22.3 Å². The molecule has 0 fully saturated rings. The van der Waals surface area contributed by atoms with Gasteiger partial charge in [-0.2, -0.15) is 5.10 Å². The lowest BCUT2D eigenvalue weighted by molar-refractivity contribution is -0.384. The quantitative estimate of drug-likeness (QED) is 0.502. The van der Waals surface area contributed by atoms with E-state index in [0.717, 1.165) is 17.3 Å². The molecule has 1 aromatic heterocycles. The maximum atomic E-state index is 12.0. The maximum absolute atomic E-state index is 12.0. The zero-order valence-electron chi connectivity index (χ0n) is 14.7. The predicted octanol–water partition coefficient (Wildman–Crippen LogP) is 2.17. The van der Waals surface area contributed by atoms with E-state index in [-0.39, 0.29) is 23.6 Å². The summed E-state index contributed by atoms with van der Waals surface area (Å²) in [5, 5.41) is 15.0. The lowest BCUT2D eigenvalue weighted by Gasteiger charge is -2.07.